The first-order valence-electron chi connectivity index (χ1n) is 7.34. The van der Waals surface area contributed by atoms with Gasteiger partial charge in [0, 0.05) is 31.2 Å². The minimum atomic E-state index is -3.48. The Hall–Kier alpha value is -2.05. The highest BCUT2D eigenvalue weighted by Gasteiger charge is 2.12. The van der Waals surface area contributed by atoms with Crippen LogP contribution in [0.5, 0.6) is 0 Å². The van der Waals surface area contributed by atoms with Gasteiger partial charge in [0.05, 0.1) is 0 Å². The summed E-state index contributed by atoms with van der Waals surface area (Å²) >= 11 is 0. The highest BCUT2D eigenvalue weighted by Crippen LogP contribution is 2.26. The summed E-state index contributed by atoms with van der Waals surface area (Å²) in [6.07, 6.45) is 0. The van der Waals surface area contributed by atoms with Crippen molar-refractivity contribution in [1.29, 1.82) is 0 Å². The lowest BCUT2D eigenvalue weighted by molar-refractivity contribution is 0.527. The van der Waals surface area contributed by atoms with Crippen LogP contribution in [-0.4, -0.2) is 26.8 Å². The summed E-state index contributed by atoms with van der Waals surface area (Å²) in [7, 11) is -0.504. The van der Waals surface area contributed by atoms with E-state index >= 15 is 0 Å². The van der Waals surface area contributed by atoms with Crippen molar-refractivity contribution in [2.45, 2.75) is 20.8 Å². The molecule has 2 N–H and O–H groups in total. The number of hydrogen-bond donors (Lipinski definition) is 2. The maximum atomic E-state index is 11.8. The van der Waals surface area contributed by atoms with Gasteiger partial charge in [0.2, 0.25) is 0 Å². The van der Waals surface area contributed by atoms with E-state index in [1.54, 1.807) is 12.1 Å². The van der Waals surface area contributed by atoms with Gasteiger partial charge in [0.25, 0.3) is 0 Å². The molecule has 0 aliphatic carbocycles. The fraction of sp³-hybridized carbons (Fsp3) is 0.294. The fourth-order valence-electron chi connectivity index (χ4n) is 2.38. The van der Waals surface area contributed by atoms with Crippen LogP contribution in [-0.2, 0) is 10.2 Å². The molecule has 6 heteroatoms. The first-order valence-corrected chi connectivity index (χ1v) is 8.78. The standard InChI is InChI=1S/C17H23N3O2S/c1-12-10-13(2)17(14(3)11-12)18-15-6-8-16(9-7-15)19-23(21,22)20(4)5/h6-11,18-19H,1-5H3. The van der Waals surface area contributed by atoms with E-state index in [-0.39, 0.29) is 0 Å². The van der Waals surface area contributed by atoms with E-state index in [4.69, 9.17) is 0 Å². The van der Waals surface area contributed by atoms with Crippen molar-refractivity contribution in [3.8, 4) is 0 Å². The van der Waals surface area contributed by atoms with E-state index in [0.717, 1.165) is 15.7 Å². The van der Waals surface area contributed by atoms with Crippen molar-refractivity contribution >= 4 is 27.3 Å². The topological polar surface area (TPSA) is 61.4 Å². The zero-order valence-electron chi connectivity index (χ0n) is 14.1. The van der Waals surface area contributed by atoms with E-state index < -0.39 is 10.2 Å². The summed E-state index contributed by atoms with van der Waals surface area (Å²) in [5, 5.41) is 3.39. The molecule has 0 spiro atoms. The maximum Gasteiger partial charge on any atom is 0.301 e. The van der Waals surface area contributed by atoms with Gasteiger partial charge in [0.15, 0.2) is 0 Å². The van der Waals surface area contributed by atoms with Gasteiger partial charge in [-0.2, -0.15) is 12.7 Å². The zero-order chi connectivity index (χ0) is 17.2. The molecular weight excluding hydrogens is 310 g/mol. The second kappa shape index (κ2) is 6.60. The Bertz CT molecular complexity index is 774. The van der Waals surface area contributed by atoms with Crippen molar-refractivity contribution < 1.29 is 8.42 Å². The zero-order valence-corrected chi connectivity index (χ0v) is 15.0. The number of benzene rings is 2. The lowest BCUT2D eigenvalue weighted by Crippen LogP contribution is -2.28. The molecule has 0 aliphatic heterocycles. The molecule has 0 amide bonds. The van der Waals surface area contributed by atoms with E-state index in [2.05, 4.69) is 42.9 Å². The average molecular weight is 333 g/mol. The summed E-state index contributed by atoms with van der Waals surface area (Å²) in [5.74, 6) is 0. The Morgan fingerprint density at radius 2 is 1.35 bits per heavy atom. The van der Waals surface area contributed by atoms with Crippen LogP contribution >= 0.6 is 0 Å². The Morgan fingerprint density at radius 1 is 0.870 bits per heavy atom. The number of rotatable bonds is 5. The number of nitrogens with zero attached hydrogens (tertiary/aromatic N) is 1. The number of anilines is 3. The Kier molecular flexibility index (Phi) is 4.97. The number of aryl methyl sites for hydroxylation is 3. The minimum absolute atomic E-state index is 0.529. The van der Waals surface area contributed by atoms with Gasteiger partial charge in [-0.3, -0.25) is 4.72 Å². The molecule has 0 radical (unpaired) electrons. The van der Waals surface area contributed by atoms with Gasteiger partial charge >= 0.3 is 10.2 Å². The maximum absolute atomic E-state index is 11.8. The third-order valence-electron chi connectivity index (χ3n) is 3.56. The molecule has 2 rings (SSSR count). The molecule has 0 saturated carbocycles. The van der Waals surface area contributed by atoms with Crippen LogP contribution in [0.25, 0.3) is 0 Å². The van der Waals surface area contributed by atoms with Crippen LogP contribution in [0.15, 0.2) is 36.4 Å². The highest BCUT2D eigenvalue weighted by atomic mass is 32.2. The fourth-order valence-corrected chi connectivity index (χ4v) is 3.00. The second-order valence-corrected chi connectivity index (χ2v) is 7.75. The largest absolute Gasteiger partial charge is 0.355 e. The van der Waals surface area contributed by atoms with Gasteiger partial charge < -0.3 is 5.32 Å². The summed E-state index contributed by atoms with van der Waals surface area (Å²) < 4.78 is 27.2. The SMILES string of the molecule is Cc1cc(C)c(Nc2ccc(NS(=O)(=O)N(C)C)cc2)c(C)c1. The molecule has 124 valence electrons. The van der Waals surface area contributed by atoms with Gasteiger partial charge in [0.1, 0.15) is 0 Å². The lowest BCUT2D eigenvalue weighted by Gasteiger charge is -2.15. The summed E-state index contributed by atoms with van der Waals surface area (Å²) in [6.45, 7) is 6.22. The average Bonchev–Trinajstić information content (AvgIpc) is 2.44. The van der Waals surface area contributed by atoms with Crippen molar-refractivity contribution in [2.24, 2.45) is 0 Å². The minimum Gasteiger partial charge on any atom is -0.355 e. The van der Waals surface area contributed by atoms with Crippen molar-refractivity contribution in [1.82, 2.24) is 4.31 Å². The Morgan fingerprint density at radius 3 is 1.83 bits per heavy atom. The smallest absolute Gasteiger partial charge is 0.301 e. The molecule has 5 nitrogen and oxygen atoms in total. The van der Waals surface area contributed by atoms with E-state index in [1.165, 1.54) is 30.8 Å². The normalized spacial score (nSPS) is 11.6. The van der Waals surface area contributed by atoms with Gasteiger partial charge in [-0.1, -0.05) is 17.7 Å². The summed E-state index contributed by atoms with van der Waals surface area (Å²) in [6, 6.07) is 11.5. The van der Waals surface area contributed by atoms with E-state index in [1.807, 2.05) is 12.1 Å². The molecule has 0 unspecified atom stereocenters. The molecular formula is C17H23N3O2S. The van der Waals surface area contributed by atoms with Crippen LogP contribution in [0.1, 0.15) is 16.7 Å². The Balaban J connectivity index is 2.18. The van der Waals surface area contributed by atoms with Crippen LogP contribution < -0.4 is 10.0 Å². The molecule has 0 fully saturated rings. The van der Waals surface area contributed by atoms with Crippen LogP contribution in [0.2, 0.25) is 0 Å². The predicted molar refractivity (Wildman–Crippen MR) is 96.6 cm³/mol. The van der Waals surface area contributed by atoms with Crippen LogP contribution in [0, 0.1) is 20.8 Å². The highest BCUT2D eigenvalue weighted by molar-refractivity contribution is 7.90. The molecule has 0 saturated heterocycles. The van der Waals surface area contributed by atoms with E-state index in [0.29, 0.717) is 5.69 Å². The molecule has 0 aromatic heterocycles. The van der Waals surface area contributed by atoms with Gasteiger partial charge in [-0.05, 0) is 56.2 Å². The third kappa shape index (κ3) is 4.24. The summed E-state index contributed by atoms with van der Waals surface area (Å²) in [5.41, 5.74) is 6.12. The molecule has 0 bridgehead atoms. The number of nitrogens with one attached hydrogen (secondary N) is 2. The molecule has 0 aliphatic rings. The molecule has 2 aromatic carbocycles. The predicted octanol–water partition coefficient (Wildman–Crippen LogP) is 3.57. The molecule has 23 heavy (non-hydrogen) atoms. The second-order valence-electron chi connectivity index (χ2n) is 5.87. The Labute approximate surface area is 138 Å². The van der Waals surface area contributed by atoms with Gasteiger partial charge in [-0.25, -0.2) is 0 Å². The summed E-state index contributed by atoms with van der Waals surface area (Å²) in [4.78, 5) is 0. The monoisotopic (exact) mass is 333 g/mol. The quantitative estimate of drug-likeness (QED) is 0.879. The van der Waals surface area contributed by atoms with Crippen LogP contribution in [0.3, 0.4) is 0 Å². The number of hydrogen-bond acceptors (Lipinski definition) is 3. The van der Waals surface area contributed by atoms with Crippen LogP contribution in [0.4, 0.5) is 17.1 Å². The first-order chi connectivity index (χ1) is 10.7. The van der Waals surface area contributed by atoms with Crippen molar-refractivity contribution in [2.75, 3.05) is 24.1 Å². The van der Waals surface area contributed by atoms with Gasteiger partial charge in [-0.15, -0.1) is 0 Å². The third-order valence-corrected chi connectivity index (χ3v) is 5.01. The molecule has 2 aromatic rings. The molecule has 0 heterocycles. The first kappa shape index (κ1) is 17.3. The lowest BCUT2D eigenvalue weighted by atomic mass is 10.0. The van der Waals surface area contributed by atoms with E-state index in [9.17, 15) is 8.42 Å². The molecule has 0 atom stereocenters. The van der Waals surface area contributed by atoms with Crippen molar-refractivity contribution in [3.05, 3.63) is 53.1 Å². The van der Waals surface area contributed by atoms with Crippen molar-refractivity contribution in [3.63, 3.8) is 0 Å².